The summed E-state index contributed by atoms with van der Waals surface area (Å²) in [6.45, 7) is 12.8. The number of nitrogens with one attached hydrogen (secondary N) is 1. The van der Waals surface area contributed by atoms with Crippen LogP contribution in [0.1, 0.15) is 67.9 Å². The predicted octanol–water partition coefficient (Wildman–Crippen LogP) is 5.48. The van der Waals surface area contributed by atoms with Gasteiger partial charge in [0.25, 0.3) is 0 Å². The average Bonchev–Trinajstić information content (AvgIpc) is 3.50. The third-order valence-electron chi connectivity index (χ3n) is 9.74. The molecule has 0 unspecified atom stereocenters. The molecule has 51 heavy (non-hydrogen) atoms. The van der Waals surface area contributed by atoms with E-state index < -0.39 is 21.4 Å². The highest BCUT2D eigenvalue weighted by Gasteiger charge is 2.41. The Morgan fingerprint density at radius 1 is 1.08 bits per heavy atom. The Balaban J connectivity index is 1.44. The summed E-state index contributed by atoms with van der Waals surface area (Å²) in [5.41, 5.74) is 5.58. The van der Waals surface area contributed by atoms with E-state index in [0.29, 0.717) is 24.6 Å². The molecule has 0 spiro atoms. The molecule has 268 valence electrons. The quantitative estimate of drug-likeness (QED) is 0.198. The lowest BCUT2D eigenvalue weighted by molar-refractivity contribution is -0.124. The van der Waals surface area contributed by atoms with Gasteiger partial charge in [-0.2, -0.15) is 4.31 Å². The van der Waals surface area contributed by atoms with E-state index in [9.17, 15) is 13.2 Å². The molecule has 1 aliphatic rings. The molecule has 4 heterocycles. The number of hydrogen-bond acceptors (Lipinski definition) is 10. The topological polar surface area (TPSA) is 148 Å². The summed E-state index contributed by atoms with van der Waals surface area (Å²) in [6.07, 6.45) is 4.98. The summed E-state index contributed by atoms with van der Waals surface area (Å²) in [5.74, 6) is -0.0378. The normalized spacial score (nSPS) is 16.6. The van der Waals surface area contributed by atoms with Gasteiger partial charge < -0.3 is 15.0 Å². The van der Waals surface area contributed by atoms with E-state index in [-0.39, 0.29) is 35.9 Å². The number of nitrogens with zero attached hydrogens (tertiary/aromatic N) is 8. The first-order valence-electron chi connectivity index (χ1n) is 17.1. The van der Waals surface area contributed by atoms with Gasteiger partial charge in [-0.3, -0.25) is 4.79 Å². The molecule has 14 heteroatoms. The number of carbonyl (C=O) groups excluding carboxylic acids is 1. The molecule has 1 amide bonds. The molecule has 0 saturated heterocycles. The van der Waals surface area contributed by atoms with Crippen molar-refractivity contribution < 1.29 is 17.9 Å². The highest BCUT2D eigenvalue weighted by atomic mass is 32.2. The zero-order valence-corrected chi connectivity index (χ0v) is 31.2. The third-order valence-corrected chi connectivity index (χ3v) is 11.6. The van der Waals surface area contributed by atoms with Crippen LogP contribution in [0.5, 0.6) is 5.88 Å². The molecule has 0 saturated carbocycles. The standard InChI is InChI=1S/C37H45N9O4S/c1-9-28-22-45(51(48,49)31-12-11-17-38-34(31)50-28)21-26-18-25(14-13-23(26)3)32(29-15-16-30-33(24(29)4)42-43-46(30)10-2)37(5,6)35(47)41-27-19-39-36(40-20-27)44(7)8/h11-20,28,32H,9-10,21-22H2,1-8H3,(H,41,47)/t28-,32+/m1/s1. The second kappa shape index (κ2) is 14.0. The maximum absolute atomic E-state index is 14.3. The number of amides is 1. The number of fused-ring (bicyclic) bond motifs is 2. The lowest BCUT2D eigenvalue weighted by Crippen LogP contribution is -2.38. The number of sulfonamides is 1. The summed E-state index contributed by atoms with van der Waals surface area (Å²) in [5, 5.41) is 11.9. The molecule has 0 aliphatic carbocycles. The van der Waals surface area contributed by atoms with Gasteiger partial charge in [0.2, 0.25) is 27.8 Å². The lowest BCUT2D eigenvalue weighted by atomic mass is 9.69. The minimum absolute atomic E-state index is 0.0529. The summed E-state index contributed by atoms with van der Waals surface area (Å²) in [7, 11) is -0.228. The van der Waals surface area contributed by atoms with Gasteiger partial charge in [0.15, 0.2) is 0 Å². The minimum Gasteiger partial charge on any atom is -0.472 e. The van der Waals surface area contributed by atoms with Gasteiger partial charge in [0.1, 0.15) is 16.5 Å². The van der Waals surface area contributed by atoms with E-state index in [4.69, 9.17) is 4.74 Å². The van der Waals surface area contributed by atoms with E-state index >= 15 is 0 Å². The zero-order chi connectivity index (χ0) is 36.7. The summed E-state index contributed by atoms with van der Waals surface area (Å²) >= 11 is 0. The first-order chi connectivity index (χ1) is 24.3. The van der Waals surface area contributed by atoms with Crippen LogP contribution in [-0.4, -0.2) is 75.3 Å². The van der Waals surface area contributed by atoms with Crippen molar-refractivity contribution in [1.29, 1.82) is 0 Å². The smallest absolute Gasteiger partial charge is 0.248 e. The minimum atomic E-state index is -3.93. The SMILES string of the molecule is CC[C@@H]1CN(Cc2cc([C@@H](c3ccc4c(nnn4CC)c3C)C(C)(C)C(=O)Nc3cnc(N(C)C)nc3)ccc2C)S(=O)(=O)c2cccnc2O1. The molecule has 1 aliphatic heterocycles. The molecule has 13 nitrogen and oxygen atoms in total. The van der Waals surface area contributed by atoms with Gasteiger partial charge in [-0.1, -0.05) is 50.3 Å². The number of ether oxygens (including phenoxy) is 1. The van der Waals surface area contributed by atoms with E-state index in [2.05, 4.69) is 30.6 Å². The van der Waals surface area contributed by atoms with Crippen LogP contribution in [0.25, 0.3) is 11.0 Å². The molecule has 3 aromatic heterocycles. The van der Waals surface area contributed by atoms with Gasteiger partial charge in [0, 0.05) is 39.3 Å². The molecular weight excluding hydrogens is 667 g/mol. The zero-order valence-electron chi connectivity index (χ0n) is 30.4. The van der Waals surface area contributed by atoms with E-state index in [1.807, 2.05) is 90.7 Å². The van der Waals surface area contributed by atoms with Crippen LogP contribution in [0, 0.1) is 19.3 Å². The fourth-order valence-electron chi connectivity index (χ4n) is 6.67. The Hall–Kier alpha value is -4.95. The Bertz CT molecular complexity index is 2180. The number of aryl methyl sites for hydroxylation is 3. The molecule has 0 radical (unpaired) electrons. The van der Waals surface area contributed by atoms with Gasteiger partial charge in [-0.05, 0) is 73.2 Å². The van der Waals surface area contributed by atoms with E-state index in [0.717, 1.165) is 38.9 Å². The summed E-state index contributed by atoms with van der Waals surface area (Å²) < 4.78 is 37.5. The van der Waals surface area contributed by atoms with Gasteiger partial charge in [0.05, 0.1) is 35.6 Å². The fraction of sp³-hybridized carbons (Fsp3) is 0.405. The number of carbonyl (C=O) groups is 1. The highest BCUT2D eigenvalue weighted by Crippen LogP contribution is 2.45. The van der Waals surface area contributed by atoms with E-state index in [1.54, 1.807) is 23.4 Å². The fourth-order valence-corrected chi connectivity index (χ4v) is 8.19. The second-order valence-corrected chi connectivity index (χ2v) is 15.7. The number of benzene rings is 2. The largest absolute Gasteiger partial charge is 0.472 e. The molecule has 5 aromatic rings. The van der Waals surface area contributed by atoms with Crippen molar-refractivity contribution in [3.05, 3.63) is 88.9 Å². The molecule has 2 atom stereocenters. The molecule has 1 N–H and O–H groups in total. The molecule has 2 aromatic carbocycles. The van der Waals surface area contributed by atoms with Crippen molar-refractivity contribution in [2.24, 2.45) is 5.41 Å². The van der Waals surface area contributed by atoms with Crippen LogP contribution in [0.3, 0.4) is 0 Å². The molecule has 0 bridgehead atoms. The summed E-state index contributed by atoms with van der Waals surface area (Å²) in [6, 6.07) is 13.2. The number of anilines is 2. The Morgan fingerprint density at radius 2 is 1.82 bits per heavy atom. The highest BCUT2D eigenvalue weighted by molar-refractivity contribution is 7.89. The van der Waals surface area contributed by atoms with Crippen molar-refractivity contribution in [1.82, 2.24) is 34.3 Å². The van der Waals surface area contributed by atoms with Crippen molar-refractivity contribution >= 4 is 38.6 Å². The van der Waals surface area contributed by atoms with Crippen LogP contribution in [0.2, 0.25) is 0 Å². The van der Waals surface area contributed by atoms with Crippen molar-refractivity contribution in [3.63, 3.8) is 0 Å². The molecule has 6 rings (SSSR count). The Kier molecular flexibility index (Phi) is 9.84. The Morgan fingerprint density at radius 3 is 2.51 bits per heavy atom. The molecular formula is C37H45N9O4S. The number of hydrogen-bond donors (Lipinski definition) is 1. The predicted molar refractivity (Wildman–Crippen MR) is 196 cm³/mol. The van der Waals surface area contributed by atoms with Crippen LogP contribution < -0.4 is 15.0 Å². The number of aromatic nitrogens is 6. The third kappa shape index (κ3) is 6.77. The first kappa shape index (κ1) is 35.9. The summed E-state index contributed by atoms with van der Waals surface area (Å²) in [4.78, 5) is 29.1. The van der Waals surface area contributed by atoms with Crippen LogP contribution in [0.4, 0.5) is 11.6 Å². The van der Waals surface area contributed by atoms with Gasteiger partial charge in [-0.25, -0.2) is 28.1 Å². The second-order valence-electron chi connectivity index (χ2n) is 13.8. The molecule has 0 fully saturated rings. The van der Waals surface area contributed by atoms with Crippen LogP contribution in [0.15, 0.2) is 66.0 Å². The van der Waals surface area contributed by atoms with Crippen molar-refractivity contribution in [2.75, 3.05) is 30.9 Å². The van der Waals surface area contributed by atoms with Crippen LogP contribution >= 0.6 is 0 Å². The van der Waals surface area contributed by atoms with Gasteiger partial charge >= 0.3 is 0 Å². The maximum Gasteiger partial charge on any atom is 0.248 e. The number of rotatable bonds is 10. The van der Waals surface area contributed by atoms with Crippen molar-refractivity contribution in [3.8, 4) is 5.88 Å². The van der Waals surface area contributed by atoms with Crippen LogP contribution in [-0.2, 0) is 27.9 Å². The number of pyridine rings is 1. The monoisotopic (exact) mass is 711 g/mol. The Labute approximate surface area is 299 Å². The average molecular weight is 712 g/mol. The first-order valence-corrected chi connectivity index (χ1v) is 18.5. The lowest BCUT2D eigenvalue weighted by Gasteiger charge is -2.35. The maximum atomic E-state index is 14.3. The van der Waals surface area contributed by atoms with Gasteiger partial charge in [-0.15, -0.1) is 5.10 Å². The van der Waals surface area contributed by atoms with Crippen molar-refractivity contribution in [2.45, 2.75) is 78.0 Å². The van der Waals surface area contributed by atoms with E-state index in [1.165, 1.54) is 16.6 Å².